The second kappa shape index (κ2) is 9.07. The van der Waals surface area contributed by atoms with Gasteiger partial charge in [-0.25, -0.2) is 9.97 Å². The summed E-state index contributed by atoms with van der Waals surface area (Å²) in [6, 6.07) is 14.7. The van der Waals surface area contributed by atoms with E-state index >= 15 is 0 Å². The monoisotopic (exact) mass is 449 g/mol. The molecule has 0 aliphatic heterocycles. The number of nitrogens with zero attached hydrogens (tertiary/aromatic N) is 3. The highest BCUT2D eigenvalue weighted by Gasteiger charge is 2.30. The molecule has 0 unspecified atom stereocenters. The smallest absolute Gasteiger partial charge is 0.324 e. The maximum atomic E-state index is 12.7. The molecule has 4 rings (SSSR count). The van der Waals surface area contributed by atoms with Gasteiger partial charge in [-0.2, -0.15) is 13.2 Å². The van der Waals surface area contributed by atoms with E-state index in [0.717, 1.165) is 35.4 Å². The van der Waals surface area contributed by atoms with Gasteiger partial charge >= 0.3 is 6.18 Å². The Balaban J connectivity index is 1.51. The van der Waals surface area contributed by atoms with Gasteiger partial charge in [-0.15, -0.1) is 0 Å². The molecule has 4 aromatic rings. The molecule has 2 aromatic heterocycles. The van der Waals surface area contributed by atoms with Crippen LogP contribution in [0, 0.1) is 6.92 Å². The Morgan fingerprint density at radius 2 is 1.76 bits per heavy atom. The number of pyridine rings is 1. The van der Waals surface area contributed by atoms with Gasteiger partial charge in [-0.3, -0.25) is 9.78 Å². The molecule has 0 bridgehead atoms. The molecule has 0 atom stereocenters. The van der Waals surface area contributed by atoms with E-state index in [-0.39, 0.29) is 5.56 Å². The number of carbonyl (C=O) groups excluding carboxylic acids is 1. The normalized spacial score (nSPS) is 11.2. The predicted molar refractivity (Wildman–Crippen MR) is 119 cm³/mol. The number of anilines is 3. The van der Waals surface area contributed by atoms with Crippen LogP contribution in [0.4, 0.5) is 30.5 Å². The van der Waals surface area contributed by atoms with Crippen LogP contribution in [0.1, 0.15) is 21.5 Å². The molecule has 33 heavy (non-hydrogen) atoms. The van der Waals surface area contributed by atoms with Crippen LogP contribution in [0.3, 0.4) is 0 Å². The van der Waals surface area contributed by atoms with Crippen molar-refractivity contribution < 1.29 is 18.0 Å². The molecule has 2 N–H and O–H groups in total. The van der Waals surface area contributed by atoms with Crippen molar-refractivity contribution in [1.82, 2.24) is 15.0 Å². The van der Waals surface area contributed by atoms with Crippen molar-refractivity contribution in [1.29, 1.82) is 0 Å². The largest absolute Gasteiger partial charge is 0.416 e. The molecule has 6 nitrogen and oxygen atoms in total. The number of carbonyl (C=O) groups is 1. The minimum Gasteiger partial charge on any atom is -0.324 e. The molecule has 0 aliphatic rings. The third-order valence-electron chi connectivity index (χ3n) is 4.83. The Bertz CT molecular complexity index is 1280. The Kier molecular flexibility index (Phi) is 6.03. The molecule has 0 aliphatic carbocycles. The second-order valence-corrected chi connectivity index (χ2v) is 7.19. The summed E-state index contributed by atoms with van der Waals surface area (Å²) in [6.45, 7) is 1.88. The van der Waals surface area contributed by atoms with Crippen LogP contribution < -0.4 is 10.6 Å². The number of aryl methyl sites for hydroxylation is 1. The standard InChI is InChI=1S/C24H18F3N5O/c1-15-4-9-19(30-22(33)16-5-7-18(8-6-16)24(25,26)27)13-21(15)32-23-29-12-10-20(31-23)17-3-2-11-28-14-17/h2-14H,1H3,(H,30,33)(H,29,31,32). The van der Waals surface area contributed by atoms with Crippen LogP contribution >= 0.6 is 0 Å². The molecule has 2 heterocycles. The lowest BCUT2D eigenvalue weighted by atomic mass is 10.1. The molecule has 9 heteroatoms. The molecule has 2 aromatic carbocycles. The minimum atomic E-state index is -4.46. The van der Waals surface area contributed by atoms with Gasteiger partial charge in [-0.05, 0) is 67.1 Å². The van der Waals surface area contributed by atoms with Crippen molar-refractivity contribution in [2.24, 2.45) is 0 Å². The Morgan fingerprint density at radius 1 is 0.970 bits per heavy atom. The summed E-state index contributed by atoms with van der Waals surface area (Å²) in [4.78, 5) is 25.3. The summed E-state index contributed by atoms with van der Waals surface area (Å²) in [5.74, 6) is -0.154. The van der Waals surface area contributed by atoms with Crippen molar-refractivity contribution in [2.75, 3.05) is 10.6 Å². The molecular formula is C24H18F3N5O. The summed E-state index contributed by atoms with van der Waals surface area (Å²) >= 11 is 0. The lowest BCUT2D eigenvalue weighted by Gasteiger charge is -2.12. The van der Waals surface area contributed by atoms with Gasteiger partial charge in [-0.1, -0.05) is 6.07 Å². The van der Waals surface area contributed by atoms with Gasteiger partial charge < -0.3 is 10.6 Å². The van der Waals surface area contributed by atoms with Gasteiger partial charge in [0.2, 0.25) is 5.95 Å². The molecule has 0 fully saturated rings. The van der Waals surface area contributed by atoms with Gasteiger partial charge in [0.05, 0.1) is 11.3 Å². The zero-order chi connectivity index (χ0) is 23.4. The van der Waals surface area contributed by atoms with E-state index in [2.05, 4.69) is 25.6 Å². The lowest BCUT2D eigenvalue weighted by molar-refractivity contribution is -0.137. The number of benzene rings is 2. The first-order valence-electron chi connectivity index (χ1n) is 9.89. The number of amides is 1. The second-order valence-electron chi connectivity index (χ2n) is 7.19. The summed E-state index contributed by atoms with van der Waals surface area (Å²) < 4.78 is 38.2. The summed E-state index contributed by atoms with van der Waals surface area (Å²) in [6.07, 6.45) is 0.554. The third-order valence-corrected chi connectivity index (χ3v) is 4.83. The van der Waals surface area contributed by atoms with Crippen molar-refractivity contribution >= 4 is 23.2 Å². The van der Waals surface area contributed by atoms with E-state index in [1.165, 1.54) is 0 Å². The van der Waals surface area contributed by atoms with Crippen LogP contribution in [0.2, 0.25) is 0 Å². The topological polar surface area (TPSA) is 79.8 Å². The summed E-state index contributed by atoms with van der Waals surface area (Å²) in [5.41, 5.74) is 2.88. The molecule has 0 saturated carbocycles. The van der Waals surface area contributed by atoms with Crippen molar-refractivity contribution in [2.45, 2.75) is 13.1 Å². The van der Waals surface area contributed by atoms with Crippen LogP contribution in [0.5, 0.6) is 0 Å². The van der Waals surface area contributed by atoms with Gasteiger partial charge in [0, 0.05) is 41.1 Å². The maximum absolute atomic E-state index is 12.7. The van der Waals surface area contributed by atoms with E-state index in [1.54, 1.807) is 42.9 Å². The minimum absolute atomic E-state index is 0.116. The molecule has 1 amide bonds. The fourth-order valence-electron chi connectivity index (χ4n) is 3.06. The number of alkyl halides is 3. The number of nitrogens with one attached hydrogen (secondary N) is 2. The molecular weight excluding hydrogens is 431 g/mol. The zero-order valence-electron chi connectivity index (χ0n) is 17.4. The first-order valence-corrected chi connectivity index (χ1v) is 9.89. The lowest BCUT2D eigenvalue weighted by Crippen LogP contribution is -2.13. The summed E-state index contributed by atoms with van der Waals surface area (Å²) in [7, 11) is 0. The predicted octanol–water partition coefficient (Wildman–Crippen LogP) is 5.86. The SMILES string of the molecule is Cc1ccc(NC(=O)c2ccc(C(F)(F)F)cc2)cc1Nc1nccc(-c2cccnc2)n1. The number of aromatic nitrogens is 3. The van der Waals surface area contributed by atoms with Gasteiger partial charge in [0.15, 0.2) is 0 Å². The van der Waals surface area contributed by atoms with E-state index < -0.39 is 17.6 Å². The highest BCUT2D eigenvalue weighted by atomic mass is 19.4. The first kappa shape index (κ1) is 21.9. The van der Waals surface area contributed by atoms with Gasteiger partial charge in [0.25, 0.3) is 5.91 Å². The highest BCUT2D eigenvalue weighted by molar-refractivity contribution is 6.04. The molecule has 0 spiro atoms. The van der Waals surface area contributed by atoms with Crippen molar-refractivity contribution in [3.05, 3.63) is 95.9 Å². The Morgan fingerprint density at radius 3 is 2.45 bits per heavy atom. The number of hydrogen-bond donors (Lipinski definition) is 2. The van der Waals surface area contributed by atoms with E-state index in [4.69, 9.17) is 0 Å². The zero-order valence-corrected chi connectivity index (χ0v) is 17.4. The number of hydrogen-bond acceptors (Lipinski definition) is 5. The van der Waals surface area contributed by atoms with Crippen molar-refractivity contribution in [3.63, 3.8) is 0 Å². The Hall–Kier alpha value is -4.27. The molecule has 0 radical (unpaired) electrons. The van der Waals surface area contributed by atoms with E-state index in [1.807, 2.05) is 19.1 Å². The molecule has 0 saturated heterocycles. The average Bonchev–Trinajstić information content (AvgIpc) is 2.81. The number of halogens is 3. The molecule has 166 valence electrons. The summed E-state index contributed by atoms with van der Waals surface area (Å²) in [5, 5.41) is 5.84. The fraction of sp³-hybridized carbons (Fsp3) is 0.0833. The van der Waals surface area contributed by atoms with Gasteiger partial charge in [0.1, 0.15) is 0 Å². The maximum Gasteiger partial charge on any atom is 0.416 e. The fourth-order valence-corrected chi connectivity index (χ4v) is 3.06. The number of rotatable bonds is 5. The first-order chi connectivity index (χ1) is 15.8. The quantitative estimate of drug-likeness (QED) is 0.399. The van der Waals surface area contributed by atoms with E-state index in [9.17, 15) is 18.0 Å². The van der Waals surface area contributed by atoms with Crippen LogP contribution in [-0.2, 0) is 6.18 Å². The highest BCUT2D eigenvalue weighted by Crippen LogP contribution is 2.29. The van der Waals surface area contributed by atoms with Crippen LogP contribution in [0.25, 0.3) is 11.3 Å². The van der Waals surface area contributed by atoms with E-state index in [0.29, 0.717) is 23.0 Å². The van der Waals surface area contributed by atoms with Crippen molar-refractivity contribution in [3.8, 4) is 11.3 Å². The average molecular weight is 449 g/mol. The van der Waals surface area contributed by atoms with Crippen LogP contribution in [-0.4, -0.2) is 20.9 Å². The third kappa shape index (κ3) is 5.32. The Labute approximate surface area is 187 Å². The van der Waals surface area contributed by atoms with Crippen LogP contribution in [0.15, 0.2) is 79.3 Å².